The van der Waals surface area contributed by atoms with Crippen molar-refractivity contribution in [2.75, 3.05) is 6.54 Å². The van der Waals surface area contributed by atoms with Gasteiger partial charge in [-0.2, -0.15) is 0 Å². The SMILES string of the molecule is CC(C)C[C@@H](N)CC(O)CN. The standard InChI is InChI=1S/C8H20N2O/c1-6(2)3-7(10)4-8(11)5-9/h6-8,11H,3-5,9-10H2,1-2H3/t7-,8?/m1/s1. The van der Waals surface area contributed by atoms with E-state index in [9.17, 15) is 0 Å². The second kappa shape index (κ2) is 5.52. The average Bonchev–Trinajstić information content (AvgIpc) is 1.85. The zero-order chi connectivity index (χ0) is 8.85. The number of rotatable bonds is 5. The van der Waals surface area contributed by atoms with E-state index in [4.69, 9.17) is 16.6 Å². The van der Waals surface area contributed by atoms with Crippen LogP contribution in [0, 0.1) is 5.92 Å². The van der Waals surface area contributed by atoms with Crippen molar-refractivity contribution in [1.29, 1.82) is 0 Å². The molecule has 0 amide bonds. The predicted molar refractivity (Wildman–Crippen MR) is 47.1 cm³/mol. The van der Waals surface area contributed by atoms with Gasteiger partial charge in [0.1, 0.15) is 0 Å². The Morgan fingerprint density at radius 2 is 1.82 bits per heavy atom. The van der Waals surface area contributed by atoms with Crippen molar-refractivity contribution in [1.82, 2.24) is 0 Å². The van der Waals surface area contributed by atoms with Crippen LogP contribution in [0.25, 0.3) is 0 Å². The molecule has 2 atom stereocenters. The van der Waals surface area contributed by atoms with Gasteiger partial charge in [-0.15, -0.1) is 0 Å². The van der Waals surface area contributed by atoms with Gasteiger partial charge in [-0.1, -0.05) is 13.8 Å². The molecule has 0 saturated carbocycles. The Kier molecular flexibility index (Phi) is 5.46. The molecule has 0 aliphatic heterocycles. The maximum Gasteiger partial charge on any atom is 0.0677 e. The molecule has 5 N–H and O–H groups in total. The Labute approximate surface area is 68.8 Å². The van der Waals surface area contributed by atoms with Crippen LogP contribution in [0.4, 0.5) is 0 Å². The van der Waals surface area contributed by atoms with Gasteiger partial charge in [0.2, 0.25) is 0 Å². The first kappa shape index (κ1) is 10.9. The van der Waals surface area contributed by atoms with Gasteiger partial charge in [0.25, 0.3) is 0 Å². The van der Waals surface area contributed by atoms with Gasteiger partial charge < -0.3 is 16.6 Å². The van der Waals surface area contributed by atoms with Gasteiger partial charge in [0.05, 0.1) is 6.10 Å². The largest absolute Gasteiger partial charge is 0.392 e. The summed E-state index contributed by atoms with van der Waals surface area (Å²) >= 11 is 0. The third-order valence-electron chi connectivity index (χ3n) is 1.62. The summed E-state index contributed by atoms with van der Waals surface area (Å²) in [5.74, 6) is 0.593. The molecular weight excluding hydrogens is 140 g/mol. The van der Waals surface area contributed by atoms with Crippen LogP contribution in [0.1, 0.15) is 26.7 Å². The summed E-state index contributed by atoms with van der Waals surface area (Å²) in [4.78, 5) is 0. The third kappa shape index (κ3) is 6.28. The van der Waals surface area contributed by atoms with Gasteiger partial charge in [-0.05, 0) is 18.8 Å². The van der Waals surface area contributed by atoms with Gasteiger partial charge in [0.15, 0.2) is 0 Å². The minimum absolute atomic E-state index is 0.0912. The van der Waals surface area contributed by atoms with Gasteiger partial charge in [0, 0.05) is 12.6 Å². The molecule has 3 heteroatoms. The number of aliphatic hydroxyl groups is 1. The Hall–Kier alpha value is -0.120. The van der Waals surface area contributed by atoms with Crippen LogP contribution in [0.5, 0.6) is 0 Å². The van der Waals surface area contributed by atoms with Gasteiger partial charge in [-0.3, -0.25) is 0 Å². The van der Waals surface area contributed by atoms with E-state index in [0.29, 0.717) is 18.9 Å². The normalized spacial score (nSPS) is 16.9. The lowest BCUT2D eigenvalue weighted by atomic mass is 10.00. The highest BCUT2D eigenvalue weighted by atomic mass is 16.3. The van der Waals surface area contributed by atoms with Crippen molar-refractivity contribution in [3.63, 3.8) is 0 Å². The summed E-state index contributed by atoms with van der Waals surface area (Å²) in [6, 6.07) is 0.0912. The second-order valence-corrected chi connectivity index (χ2v) is 3.51. The predicted octanol–water partition coefficient (Wildman–Crippen LogP) is 0.0695. The molecule has 0 heterocycles. The number of hydrogen-bond acceptors (Lipinski definition) is 3. The first-order valence-corrected chi connectivity index (χ1v) is 4.20. The molecule has 0 aliphatic carbocycles. The third-order valence-corrected chi connectivity index (χ3v) is 1.62. The van der Waals surface area contributed by atoms with E-state index < -0.39 is 6.10 Å². The average molecular weight is 160 g/mol. The molecule has 68 valence electrons. The molecule has 0 aromatic rings. The smallest absolute Gasteiger partial charge is 0.0677 e. The lowest BCUT2D eigenvalue weighted by molar-refractivity contribution is 0.159. The molecule has 0 bridgehead atoms. The molecule has 0 spiro atoms. The maximum absolute atomic E-state index is 9.14. The van der Waals surface area contributed by atoms with E-state index in [1.165, 1.54) is 0 Å². The van der Waals surface area contributed by atoms with Crippen molar-refractivity contribution >= 4 is 0 Å². The first-order chi connectivity index (χ1) is 5.06. The number of hydrogen-bond donors (Lipinski definition) is 3. The summed E-state index contributed by atoms with van der Waals surface area (Å²) in [5.41, 5.74) is 11.0. The maximum atomic E-state index is 9.14. The topological polar surface area (TPSA) is 72.3 Å². The van der Waals surface area contributed by atoms with Gasteiger partial charge in [-0.25, -0.2) is 0 Å². The van der Waals surface area contributed by atoms with Crippen LogP contribution >= 0.6 is 0 Å². The highest BCUT2D eigenvalue weighted by molar-refractivity contribution is 4.68. The summed E-state index contributed by atoms with van der Waals surface area (Å²) in [6.07, 6.45) is 1.15. The van der Waals surface area contributed by atoms with E-state index in [-0.39, 0.29) is 6.04 Å². The minimum atomic E-state index is -0.427. The van der Waals surface area contributed by atoms with Crippen LogP contribution in [0.15, 0.2) is 0 Å². The highest BCUT2D eigenvalue weighted by Gasteiger charge is 2.10. The quantitative estimate of drug-likeness (QED) is 0.533. The summed E-state index contributed by atoms with van der Waals surface area (Å²) in [7, 11) is 0. The monoisotopic (exact) mass is 160 g/mol. The van der Waals surface area contributed by atoms with Crippen molar-refractivity contribution in [3.05, 3.63) is 0 Å². The molecule has 3 nitrogen and oxygen atoms in total. The first-order valence-electron chi connectivity index (χ1n) is 4.20. The Balaban J connectivity index is 3.43. The van der Waals surface area contributed by atoms with E-state index >= 15 is 0 Å². The van der Waals surface area contributed by atoms with E-state index in [0.717, 1.165) is 6.42 Å². The summed E-state index contributed by atoms with van der Waals surface area (Å²) in [6.45, 7) is 4.55. The second-order valence-electron chi connectivity index (χ2n) is 3.51. The molecule has 0 aromatic carbocycles. The fourth-order valence-electron chi connectivity index (χ4n) is 1.15. The highest BCUT2D eigenvalue weighted by Crippen LogP contribution is 2.06. The molecule has 0 aromatic heterocycles. The summed E-state index contributed by atoms with van der Waals surface area (Å²) < 4.78 is 0. The van der Waals surface area contributed by atoms with Gasteiger partial charge >= 0.3 is 0 Å². The fourth-order valence-corrected chi connectivity index (χ4v) is 1.15. The molecule has 0 aliphatic rings. The number of aliphatic hydroxyl groups excluding tert-OH is 1. The van der Waals surface area contributed by atoms with Crippen LogP contribution in [0.2, 0.25) is 0 Å². The van der Waals surface area contributed by atoms with Crippen LogP contribution < -0.4 is 11.5 Å². The Morgan fingerprint density at radius 3 is 2.18 bits per heavy atom. The Morgan fingerprint density at radius 1 is 1.27 bits per heavy atom. The van der Waals surface area contributed by atoms with E-state index in [1.54, 1.807) is 0 Å². The summed E-state index contributed by atoms with van der Waals surface area (Å²) in [5, 5.41) is 9.14. The van der Waals surface area contributed by atoms with Crippen molar-refractivity contribution in [2.24, 2.45) is 17.4 Å². The van der Waals surface area contributed by atoms with Crippen molar-refractivity contribution in [3.8, 4) is 0 Å². The molecule has 0 saturated heterocycles. The molecule has 0 radical (unpaired) electrons. The van der Waals surface area contributed by atoms with E-state index in [2.05, 4.69) is 13.8 Å². The Bertz CT molecular complexity index is 96.1. The molecule has 0 fully saturated rings. The van der Waals surface area contributed by atoms with E-state index in [1.807, 2.05) is 0 Å². The molecule has 11 heavy (non-hydrogen) atoms. The van der Waals surface area contributed by atoms with Crippen LogP contribution in [0.3, 0.4) is 0 Å². The molecular formula is C8H20N2O. The lowest BCUT2D eigenvalue weighted by Crippen LogP contribution is -2.31. The van der Waals surface area contributed by atoms with Crippen LogP contribution in [-0.2, 0) is 0 Å². The fraction of sp³-hybridized carbons (Fsp3) is 1.00. The molecule has 0 rings (SSSR count). The zero-order valence-electron chi connectivity index (χ0n) is 7.46. The van der Waals surface area contributed by atoms with Crippen molar-refractivity contribution in [2.45, 2.75) is 38.8 Å². The molecule has 1 unspecified atom stereocenters. The minimum Gasteiger partial charge on any atom is -0.392 e. The lowest BCUT2D eigenvalue weighted by Gasteiger charge is -2.16. The van der Waals surface area contributed by atoms with Crippen molar-refractivity contribution < 1.29 is 5.11 Å². The number of nitrogens with two attached hydrogens (primary N) is 2. The van der Waals surface area contributed by atoms with Crippen LogP contribution in [-0.4, -0.2) is 23.8 Å². The zero-order valence-corrected chi connectivity index (χ0v) is 7.46.